The molecule has 192 valence electrons. The van der Waals surface area contributed by atoms with Gasteiger partial charge in [-0.1, -0.05) is 43.3 Å². The van der Waals surface area contributed by atoms with Crippen molar-refractivity contribution in [1.82, 2.24) is 10.5 Å². The molecule has 36 heavy (non-hydrogen) atoms. The Balaban J connectivity index is 1.76. The van der Waals surface area contributed by atoms with Crippen molar-refractivity contribution < 1.29 is 32.3 Å². The van der Waals surface area contributed by atoms with E-state index in [9.17, 15) is 23.1 Å². The number of carboxylic acids is 1. The first-order valence-corrected chi connectivity index (χ1v) is 12.0. The maximum absolute atomic E-state index is 13.8. The molecule has 4 rings (SSSR count). The molecule has 1 fully saturated rings. The van der Waals surface area contributed by atoms with E-state index in [0.29, 0.717) is 17.1 Å². The van der Waals surface area contributed by atoms with E-state index in [-0.39, 0.29) is 35.1 Å². The number of hydrogen-bond acceptors (Lipinski definition) is 5. The Hall–Kier alpha value is -3.33. The van der Waals surface area contributed by atoms with Gasteiger partial charge >= 0.3 is 12.1 Å². The number of ether oxygens (including phenoxy) is 1. The van der Waals surface area contributed by atoms with Gasteiger partial charge in [0, 0.05) is 23.5 Å². The molecule has 1 saturated heterocycles. The van der Waals surface area contributed by atoms with Crippen LogP contribution in [0.3, 0.4) is 0 Å². The molecular formula is C27H29F3N2O4. The van der Waals surface area contributed by atoms with Gasteiger partial charge in [0.25, 0.3) is 0 Å². The summed E-state index contributed by atoms with van der Waals surface area (Å²) in [7, 11) is 0. The number of hydrogen-bond donors (Lipinski definition) is 2. The summed E-state index contributed by atoms with van der Waals surface area (Å²) in [5.74, 6) is -0.142. The van der Waals surface area contributed by atoms with Crippen molar-refractivity contribution in [2.24, 2.45) is 5.92 Å². The summed E-state index contributed by atoms with van der Waals surface area (Å²) in [5.41, 5.74) is 0.0354. The van der Waals surface area contributed by atoms with Crippen LogP contribution in [-0.4, -0.2) is 35.4 Å². The second kappa shape index (κ2) is 10.7. The van der Waals surface area contributed by atoms with Crippen LogP contribution in [0.2, 0.25) is 0 Å². The number of halogens is 3. The van der Waals surface area contributed by atoms with Crippen molar-refractivity contribution in [2.75, 3.05) is 13.1 Å². The molecule has 0 bridgehead atoms. The third kappa shape index (κ3) is 5.73. The minimum absolute atomic E-state index is 0.0346. The highest BCUT2D eigenvalue weighted by atomic mass is 19.4. The lowest BCUT2D eigenvalue weighted by molar-refractivity contribution is -0.137. The second-order valence-electron chi connectivity index (χ2n) is 9.35. The molecule has 0 aliphatic carbocycles. The number of nitrogens with zero attached hydrogens (tertiary/aromatic N) is 1. The van der Waals surface area contributed by atoms with Crippen LogP contribution in [0.4, 0.5) is 13.2 Å². The Morgan fingerprint density at radius 2 is 1.89 bits per heavy atom. The highest BCUT2D eigenvalue weighted by molar-refractivity contribution is 5.88. The smallest absolute Gasteiger partial charge is 0.417 e. The number of benzene rings is 2. The highest BCUT2D eigenvalue weighted by Gasteiger charge is 2.36. The zero-order chi connectivity index (χ0) is 25.9. The fraction of sp³-hybridized carbons (Fsp3) is 0.407. The van der Waals surface area contributed by atoms with Gasteiger partial charge in [0.2, 0.25) is 0 Å². The number of aromatic nitrogens is 1. The molecule has 0 spiro atoms. The molecule has 1 unspecified atom stereocenters. The summed E-state index contributed by atoms with van der Waals surface area (Å²) in [6, 6.07) is 11.6. The highest BCUT2D eigenvalue weighted by Crippen LogP contribution is 2.40. The lowest BCUT2D eigenvalue weighted by atomic mass is 9.86. The quantitative estimate of drug-likeness (QED) is 0.383. The molecule has 9 heteroatoms. The molecule has 0 amide bonds. The third-order valence-corrected chi connectivity index (χ3v) is 6.51. The van der Waals surface area contributed by atoms with Crippen LogP contribution in [0.1, 0.15) is 59.9 Å². The summed E-state index contributed by atoms with van der Waals surface area (Å²) < 4.78 is 53.5. The number of alkyl halides is 3. The van der Waals surface area contributed by atoms with E-state index in [4.69, 9.17) is 9.26 Å². The molecule has 6 nitrogen and oxygen atoms in total. The van der Waals surface area contributed by atoms with Crippen LogP contribution in [0.25, 0.3) is 11.3 Å². The van der Waals surface area contributed by atoms with E-state index < -0.39 is 23.8 Å². The molecule has 1 aliphatic rings. The SMILES string of the molecule is CC(C)c1onc(-c2ccccc2C(F)(F)F)c1CC(Oc1cccc(C(=O)O)c1)C1CCNCC1. The third-order valence-electron chi connectivity index (χ3n) is 6.51. The largest absolute Gasteiger partial charge is 0.490 e. The van der Waals surface area contributed by atoms with E-state index in [1.807, 2.05) is 13.8 Å². The maximum atomic E-state index is 13.8. The molecule has 2 aromatic carbocycles. The minimum atomic E-state index is -4.55. The monoisotopic (exact) mass is 502 g/mol. The fourth-order valence-electron chi connectivity index (χ4n) is 4.72. The van der Waals surface area contributed by atoms with Gasteiger partial charge in [0.1, 0.15) is 23.3 Å². The zero-order valence-corrected chi connectivity index (χ0v) is 20.1. The number of aromatic carboxylic acids is 1. The summed E-state index contributed by atoms with van der Waals surface area (Å²) >= 11 is 0. The summed E-state index contributed by atoms with van der Waals surface area (Å²) in [4.78, 5) is 11.5. The lowest BCUT2D eigenvalue weighted by Gasteiger charge is -2.31. The Labute approximate surface area is 207 Å². The molecule has 0 saturated carbocycles. The predicted molar refractivity (Wildman–Crippen MR) is 128 cm³/mol. The topological polar surface area (TPSA) is 84.6 Å². The average Bonchev–Trinajstić information content (AvgIpc) is 3.27. The Morgan fingerprint density at radius 1 is 1.17 bits per heavy atom. The van der Waals surface area contributed by atoms with Crippen molar-refractivity contribution in [1.29, 1.82) is 0 Å². The maximum Gasteiger partial charge on any atom is 0.417 e. The van der Waals surface area contributed by atoms with Crippen LogP contribution in [0.15, 0.2) is 53.1 Å². The van der Waals surface area contributed by atoms with Crippen LogP contribution in [-0.2, 0) is 12.6 Å². The minimum Gasteiger partial charge on any atom is -0.490 e. The summed E-state index contributed by atoms with van der Waals surface area (Å²) in [6.07, 6.45) is -3.04. The van der Waals surface area contributed by atoms with Crippen molar-refractivity contribution in [3.8, 4) is 17.0 Å². The first kappa shape index (κ1) is 25.8. The van der Waals surface area contributed by atoms with Gasteiger partial charge < -0.3 is 19.7 Å². The van der Waals surface area contributed by atoms with Crippen molar-refractivity contribution in [3.05, 3.63) is 71.0 Å². The predicted octanol–water partition coefficient (Wildman–Crippen LogP) is 6.17. The molecule has 1 aliphatic heterocycles. The molecule has 0 radical (unpaired) electrons. The average molecular weight is 503 g/mol. The van der Waals surface area contributed by atoms with E-state index in [2.05, 4.69) is 10.5 Å². The molecule has 1 atom stereocenters. The van der Waals surface area contributed by atoms with Gasteiger partial charge in [-0.05, 0) is 56.1 Å². The normalized spacial score (nSPS) is 15.7. The van der Waals surface area contributed by atoms with Gasteiger partial charge in [-0.3, -0.25) is 0 Å². The van der Waals surface area contributed by atoms with Crippen molar-refractivity contribution in [3.63, 3.8) is 0 Å². The fourth-order valence-corrected chi connectivity index (χ4v) is 4.72. The number of rotatable bonds is 8. The second-order valence-corrected chi connectivity index (χ2v) is 9.35. The molecule has 1 aromatic heterocycles. The van der Waals surface area contributed by atoms with Crippen LogP contribution < -0.4 is 10.1 Å². The lowest BCUT2D eigenvalue weighted by Crippen LogP contribution is -2.38. The zero-order valence-electron chi connectivity index (χ0n) is 20.1. The number of carbonyl (C=O) groups is 1. The Kier molecular flexibility index (Phi) is 7.68. The Morgan fingerprint density at radius 3 is 2.56 bits per heavy atom. The molecule has 2 heterocycles. The Bertz CT molecular complexity index is 1200. The number of nitrogens with one attached hydrogen (secondary N) is 1. The van der Waals surface area contributed by atoms with E-state index in [0.717, 1.165) is 32.0 Å². The van der Waals surface area contributed by atoms with Gasteiger partial charge in [-0.15, -0.1) is 0 Å². The molecule has 2 N–H and O–H groups in total. The van der Waals surface area contributed by atoms with E-state index in [1.165, 1.54) is 24.3 Å². The van der Waals surface area contributed by atoms with Gasteiger partial charge in [0.05, 0.1) is 11.1 Å². The number of piperidine rings is 1. The van der Waals surface area contributed by atoms with Crippen molar-refractivity contribution >= 4 is 5.97 Å². The van der Waals surface area contributed by atoms with Crippen LogP contribution in [0, 0.1) is 5.92 Å². The molecular weight excluding hydrogens is 473 g/mol. The van der Waals surface area contributed by atoms with Gasteiger partial charge in [0.15, 0.2) is 0 Å². The van der Waals surface area contributed by atoms with Gasteiger partial charge in [-0.25, -0.2) is 4.79 Å². The van der Waals surface area contributed by atoms with E-state index in [1.54, 1.807) is 18.2 Å². The number of carboxylic acid groups (broad SMARTS) is 1. The summed E-state index contributed by atoms with van der Waals surface area (Å²) in [6.45, 7) is 5.40. The molecule has 3 aromatic rings. The van der Waals surface area contributed by atoms with Crippen molar-refractivity contribution in [2.45, 2.75) is 51.3 Å². The first-order valence-electron chi connectivity index (χ1n) is 12.0. The van der Waals surface area contributed by atoms with Crippen LogP contribution >= 0.6 is 0 Å². The van der Waals surface area contributed by atoms with E-state index >= 15 is 0 Å². The first-order chi connectivity index (χ1) is 17.1. The van der Waals surface area contributed by atoms with Gasteiger partial charge in [-0.2, -0.15) is 13.2 Å². The summed E-state index contributed by atoms with van der Waals surface area (Å²) in [5, 5.41) is 16.8. The standard InChI is InChI=1S/C27H29F3N2O4/c1-16(2)25-21(24(32-36-25)20-8-3-4-9-22(20)27(28,29)30)15-23(17-10-12-31-13-11-17)35-19-7-5-6-18(14-19)26(33)34/h3-9,14,16-17,23,31H,10-13,15H2,1-2H3,(H,33,34). The van der Waals surface area contributed by atoms with Crippen LogP contribution in [0.5, 0.6) is 5.75 Å².